The zero-order chi connectivity index (χ0) is 23.7. The number of rotatable bonds is 6. The van der Waals surface area contributed by atoms with Crippen LogP contribution in [0.15, 0.2) is 64.6 Å². The van der Waals surface area contributed by atoms with E-state index in [1.165, 1.54) is 32.3 Å². The molecule has 1 N–H and O–H groups in total. The van der Waals surface area contributed by atoms with E-state index in [4.69, 9.17) is 18.6 Å². The molecule has 1 atom stereocenters. The molecule has 170 valence electrons. The zero-order valence-electron chi connectivity index (χ0n) is 18.6. The van der Waals surface area contributed by atoms with E-state index in [1.807, 2.05) is 0 Å². The van der Waals surface area contributed by atoms with Crippen LogP contribution in [0.4, 0.5) is 5.69 Å². The molecule has 1 aliphatic heterocycles. The molecule has 1 unspecified atom stereocenters. The fraction of sp³-hybridized carbons (Fsp3) is 0.200. The van der Waals surface area contributed by atoms with E-state index in [0.29, 0.717) is 34.5 Å². The van der Waals surface area contributed by atoms with E-state index in [0.717, 1.165) is 0 Å². The van der Waals surface area contributed by atoms with Crippen LogP contribution < -0.4 is 19.1 Å². The molecule has 0 radical (unpaired) electrons. The topological polar surface area (TPSA) is 98.4 Å². The lowest BCUT2D eigenvalue weighted by Gasteiger charge is -2.24. The number of benzene rings is 2. The molecule has 0 spiro atoms. The molecule has 4 rings (SSSR count). The first kappa shape index (κ1) is 22.0. The maximum atomic E-state index is 13.2. The van der Waals surface area contributed by atoms with Crippen molar-refractivity contribution in [2.24, 2.45) is 0 Å². The van der Waals surface area contributed by atoms with Crippen LogP contribution in [0.2, 0.25) is 0 Å². The Labute approximate surface area is 190 Å². The summed E-state index contributed by atoms with van der Waals surface area (Å²) in [6.07, 6.45) is 0. The van der Waals surface area contributed by atoms with Crippen LogP contribution in [-0.4, -0.2) is 38.1 Å². The number of furan rings is 1. The van der Waals surface area contributed by atoms with Gasteiger partial charge in [-0.3, -0.25) is 14.5 Å². The predicted molar refractivity (Wildman–Crippen MR) is 121 cm³/mol. The van der Waals surface area contributed by atoms with Crippen molar-refractivity contribution in [1.82, 2.24) is 0 Å². The second-order valence-electron chi connectivity index (χ2n) is 7.39. The molecule has 8 nitrogen and oxygen atoms in total. The Hall–Kier alpha value is -4.20. The average Bonchev–Trinajstić information content (AvgIpc) is 3.38. The molecule has 1 amide bonds. The van der Waals surface area contributed by atoms with Gasteiger partial charge in [0, 0.05) is 11.8 Å². The molecule has 2 heterocycles. The number of ether oxygens (including phenoxy) is 3. The van der Waals surface area contributed by atoms with Crippen molar-refractivity contribution < 1.29 is 33.3 Å². The molecule has 3 aromatic rings. The SMILES string of the molecule is COc1cccc(N2C(=O)C(=O)/C(=C(\O)c3cc(OC)ccc3OC)C2c2ccc(C)o2)c1. The number of amides is 1. The number of methoxy groups -OCH3 is 3. The summed E-state index contributed by atoms with van der Waals surface area (Å²) in [6.45, 7) is 1.76. The number of anilines is 1. The molecule has 1 aliphatic rings. The van der Waals surface area contributed by atoms with Gasteiger partial charge in [0.1, 0.15) is 40.6 Å². The van der Waals surface area contributed by atoms with E-state index in [2.05, 4.69) is 0 Å². The summed E-state index contributed by atoms with van der Waals surface area (Å²) in [6, 6.07) is 14.0. The third-order valence-electron chi connectivity index (χ3n) is 5.47. The molecular formula is C25H23NO7. The van der Waals surface area contributed by atoms with Crippen LogP contribution in [0, 0.1) is 6.92 Å². The van der Waals surface area contributed by atoms with Crippen molar-refractivity contribution in [1.29, 1.82) is 0 Å². The van der Waals surface area contributed by atoms with Gasteiger partial charge in [-0.2, -0.15) is 0 Å². The lowest BCUT2D eigenvalue weighted by atomic mass is 9.98. The second kappa shape index (κ2) is 8.74. The van der Waals surface area contributed by atoms with Crippen LogP contribution in [0.3, 0.4) is 0 Å². The Morgan fingerprint density at radius 2 is 1.67 bits per heavy atom. The third kappa shape index (κ3) is 3.80. The summed E-state index contributed by atoms with van der Waals surface area (Å²) < 4.78 is 21.7. The molecule has 1 saturated heterocycles. The largest absolute Gasteiger partial charge is 0.507 e. The highest BCUT2D eigenvalue weighted by atomic mass is 16.5. The number of aliphatic hydroxyl groups excluding tert-OH is 1. The Morgan fingerprint density at radius 3 is 2.30 bits per heavy atom. The van der Waals surface area contributed by atoms with Gasteiger partial charge in [-0.05, 0) is 49.4 Å². The fourth-order valence-corrected chi connectivity index (χ4v) is 3.87. The number of carbonyl (C=O) groups is 2. The smallest absolute Gasteiger partial charge is 0.300 e. The van der Waals surface area contributed by atoms with Crippen molar-refractivity contribution in [2.75, 3.05) is 26.2 Å². The summed E-state index contributed by atoms with van der Waals surface area (Å²) in [4.78, 5) is 27.8. The van der Waals surface area contributed by atoms with Gasteiger partial charge in [0.2, 0.25) is 0 Å². The zero-order valence-corrected chi connectivity index (χ0v) is 18.6. The van der Waals surface area contributed by atoms with Gasteiger partial charge in [-0.15, -0.1) is 0 Å². The molecule has 2 aromatic carbocycles. The standard InChI is InChI=1S/C25H23NO7/c1-14-8-10-20(33-14)22-21(23(27)18-13-17(31-3)9-11-19(18)32-4)24(28)25(29)26(22)15-6-5-7-16(12-15)30-2/h5-13,22,27H,1-4H3/b23-21-. The maximum absolute atomic E-state index is 13.2. The number of ketones is 1. The van der Waals surface area contributed by atoms with Crippen LogP contribution >= 0.6 is 0 Å². The first-order valence-corrected chi connectivity index (χ1v) is 10.1. The predicted octanol–water partition coefficient (Wildman–Crippen LogP) is 4.24. The molecular weight excluding hydrogens is 426 g/mol. The van der Waals surface area contributed by atoms with E-state index in [-0.39, 0.29) is 11.1 Å². The Morgan fingerprint density at radius 1 is 0.939 bits per heavy atom. The van der Waals surface area contributed by atoms with Crippen LogP contribution in [0.25, 0.3) is 5.76 Å². The van der Waals surface area contributed by atoms with Gasteiger partial charge in [-0.25, -0.2) is 0 Å². The van der Waals surface area contributed by atoms with Gasteiger partial charge >= 0.3 is 0 Å². The fourth-order valence-electron chi connectivity index (χ4n) is 3.87. The first-order chi connectivity index (χ1) is 15.9. The normalized spacial score (nSPS) is 17.3. The lowest BCUT2D eigenvalue weighted by molar-refractivity contribution is -0.132. The number of aryl methyl sites for hydroxylation is 1. The highest BCUT2D eigenvalue weighted by Gasteiger charge is 2.48. The number of carbonyl (C=O) groups excluding carboxylic acids is 2. The van der Waals surface area contributed by atoms with Crippen molar-refractivity contribution in [3.05, 3.63) is 77.3 Å². The Bertz CT molecular complexity index is 1260. The summed E-state index contributed by atoms with van der Waals surface area (Å²) in [5, 5.41) is 11.3. The van der Waals surface area contributed by atoms with Gasteiger partial charge in [0.15, 0.2) is 0 Å². The first-order valence-electron chi connectivity index (χ1n) is 10.1. The summed E-state index contributed by atoms with van der Waals surface area (Å²) in [5.41, 5.74) is 0.518. The number of hydrogen-bond acceptors (Lipinski definition) is 7. The van der Waals surface area contributed by atoms with E-state index < -0.39 is 23.5 Å². The Balaban J connectivity index is 1.97. The number of aliphatic hydroxyl groups is 1. The van der Waals surface area contributed by atoms with Crippen LogP contribution in [-0.2, 0) is 9.59 Å². The number of nitrogens with zero attached hydrogens (tertiary/aromatic N) is 1. The van der Waals surface area contributed by atoms with Gasteiger partial charge < -0.3 is 23.7 Å². The van der Waals surface area contributed by atoms with Gasteiger partial charge in [-0.1, -0.05) is 6.07 Å². The quantitative estimate of drug-likeness (QED) is 0.341. The van der Waals surface area contributed by atoms with Crippen molar-refractivity contribution >= 4 is 23.1 Å². The lowest BCUT2D eigenvalue weighted by Crippen LogP contribution is -2.29. The molecule has 8 heteroatoms. The van der Waals surface area contributed by atoms with Gasteiger partial charge in [0.05, 0.1) is 32.5 Å². The number of Topliss-reactive ketones (excluding diaryl/α,β-unsaturated/α-hetero) is 1. The highest BCUT2D eigenvalue weighted by molar-refractivity contribution is 6.51. The van der Waals surface area contributed by atoms with E-state index in [9.17, 15) is 14.7 Å². The molecule has 0 bridgehead atoms. The van der Waals surface area contributed by atoms with Gasteiger partial charge in [0.25, 0.3) is 11.7 Å². The minimum Gasteiger partial charge on any atom is -0.507 e. The van der Waals surface area contributed by atoms with E-state index in [1.54, 1.807) is 55.5 Å². The molecule has 0 saturated carbocycles. The third-order valence-corrected chi connectivity index (χ3v) is 5.47. The summed E-state index contributed by atoms with van der Waals surface area (Å²) in [5.74, 6) is 0.162. The van der Waals surface area contributed by atoms with Crippen LogP contribution in [0.1, 0.15) is 23.1 Å². The maximum Gasteiger partial charge on any atom is 0.300 e. The highest BCUT2D eigenvalue weighted by Crippen LogP contribution is 2.44. The van der Waals surface area contributed by atoms with Crippen LogP contribution in [0.5, 0.6) is 17.2 Å². The van der Waals surface area contributed by atoms with Crippen molar-refractivity contribution in [3.63, 3.8) is 0 Å². The molecule has 1 aromatic heterocycles. The number of hydrogen-bond donors (Lipinski definition) is 1. The minimum absolute atomic E-state index is 0.122. The Kier molecular flexibility index (Phi) is 5.83. The summed E-state index contributed by atoms with van der Waals surface area (Å²) >= 11 is 0. The molecule has 1 fully saturated rings. The van der Waals surface area contributed by atoms with Crippen molar-refractivity contribution in [3.8, 4) is 17.2 Å². The monoisotopic (exact) mass is 449 g/mol. The minimum atomic E-state index is -0.998. The van der Waals surface area contributed by atoms with Crippen molar-refractivity contribution in [2.45, 2.75) is 13.0 Å². The molecule has 33 heavy (non-hydrogen) atoms. The average molecular weight is 449 g/mol. The second-order valence-corrected chi connectivity index (χ2v) is 7.39. The molecule has 0 aliphatic carbocycles. The van der Waals surface area contributed by atoms with E-state index >= 15 is 0 Å². The summed E-state index contributed by atoms with van der Waals surface area (Å²) in [7, 11) is 4.44.